The Kier molecular flexibility index (Phi) is 4.11. The molecular weight excluding hydrogens is 284 g/mol. The molecule has 2 nitrogen and oxygen atoms in total. The second-order valence-electron chi connectivity index (χ2n) is 9.53. The fourth-order valence-electron chi connectivity index (χ4n) is 7.60. The highest BCUT2D eigenvalue weighted by Gasteiger charge is 2.55. The van der Waals surface area contributed by atoms with Crippen molar-refractivity contribution in [2.75, 3.05) is 0 Å². The molecule has 2 heteroatoms. The van der Waals surface area contributed by atoms with Crippen molar-refractivity contribution in [1.29, 1.82) is 0 Å². The second-order valence-corrected chi connectivity index (χ2v) is 9.53. The Morgan fingerprint density at radius 2 is 1.74 bits per heavy atom. The summed E-state index contributed by atoms with van der Waals surface area (Å²) in [5.74, 6) is 4.81. The van der Waals surface area contributed by atoms with Crippen molar-refractivity contribution in [3.8, 4) is 0 Å². The molecule has 0 amide bonds. The van der Waals surface area contributed by atoms with Crippen molar-refractivity contribution in [1.82, 2.24) is 0 Å². The van der Waals surface area contributed by atoms with E-state index in [9.17, 15) is 9.90 Å². The Bertz CT molecular complexity index is 472. The van der Waals surface area contributed by atoms with E-state index in [0.29, 0.717) is 23.0 Å². The molecule has 0 aromatic rings. The third kappa shape index (κ3) is 2.51. The number of hydrogen-bond donors (Lipinski definition) is 1. The van der Waals surface area contributed by atoms with E-state index in [2.05, 4.69) is 6.92 Å². The number of carbonyl (C=O) groups excluding carboxylic acids is 1. The maximum atomic E-state index is 12.1. The Morgan fingerprint density at radius 3 is 2.52 bits per heavy atom. The molecule has 4 aliphatic carbocycles. The lowest BCUT2D eigenvalue weighted by atomic mass is 9.45. The molecule has 4 saturated carbocycles. The molecule has 23 heavy (non-hydrogen) atoms. The van der Waals surface area contributed by atoms with Gasteiger partial charge in [-0.15, -0.1) is 0 Å². The fourth-order valence-corrected chi connectivity index (χ4v) is 7.60. The molecular formula is C21H34O2. The van der Waals surface area contributed by atoms with Crippen LogP contribution in [-0.4, -0.2) is 17.0 Å². The van der Waals surface area contributed by atoms with E-state index in [1.54, 1.807) is 0 Å². The van der Waals surface area contributed by atoms with Gasteiger partial charge in [-0.3, -0.25) is 4.79 Å². The van der Waals surface area contributed by atoms with Crippen LogP contribution in [0.5, 0.6) is 0 Å². The zero-order chi connectivity index (χ0) is 16.2. The van der Waals surface area contributed by atoms with E-state index in [-0.39, 0.29) is 6.10 Å². The zero-order valence-electron chi connectivity index (χ0n) is 15.0. The van der Waals surface area contributed by atoms with Crippen molar-refractivity contribution in [3.05, 3.63) is 0 Å². The van der Waals surface area contributed by atoms with Gasteiger partial charge in [0.25, 0.3) is 0 Å². The average molecular weight is 319 g/mol. The Hall–Kier alpha value is -0.370. The summed E-state index contributed by atoms with van der Waals surface area (Å²) in [5, 5.41) is 10.1. The van der Waals surface area contributed by atoms with Crippen LogP contribution in [0.3, 0.4) is 0 Å². The van der Waals surface area contributed by atoms with E-state index in [4.69, 9.17) is 0 Å². The van der Waals surface area contributed by atoms with Crippen LogP contribution < -0.4 is 0 Å². The van der Waals surface area contributed by atoms with E-state index in [0.717, 1.165) is 42.9 Å². The molecule has 8 unspecified atom stereocenters. The lowest BCUT2D eigenvalue weighted by Gasteiger charge is -2.60. The molecule has 4 rings (SSSR count). The normalized spacial score (nSPS) is 52.9. The van der Waals surface area contributed by atoms with Crippen LogP contribution in [0.25, 0.3) is 0 Å². The quantitative estimate of drug-likeness (QED) is 0.767. The molecule has 0 aromatic heterocycles. The van der Waals surface area contributed by atoms with Gasteiger partial charge < -0.3 is 5.11 Å². The summed E-state index contributed by atoms with van der Waals surface area (Å²) in [7, 11) is 0. The van der Waals surface area contributed by atoms with E-state index >= 15 is 0 Å². The lowest BCUT2D eigenvalue weighted by Crippen LogP contribution is -2.53. The van der Waals surface area contributed by atoms with E-state index in [1.807, 2.05) is 6.92 Å². The third-order valence-electron chi connectivity index (χ3n) is 8.72. The van der Waals surface area contributed by atoms with Crippen LogP contribution in [0.15, 0.2) is 0 Å². The molecule has 1 N–H and O–H groups in total. The lowest BCUT2D eigenvalue weighted by molar-refractivity contribution is -0.138. The van der Waals surface area contributed by atoms with Gasteiger partial charge in [0.15, 0.2) is 0 Å². The van der Waals surface area contributed by atoms with Gasteiger partial charge in [-0.25, -0.2) is 0 Å². The number of ketones is 1. The first kappa shape index (κ1) is 16.1. The van der Waals surface area contributed by atoms with Crippen LogP contribution in [-0.2, 0) is 4.79 Å². The molecule has 4 aliphatic rings. The SMILES string of the molecule is CC(=O)C1CCCC2C1CCC1C2CCC2CC(O)CCC21C. The van der Waals surface area contributed by atoms with Gasteiger partial charge in [-0.2, -0.15) is 0 Å². The van der Waals surface area contributed by atoms with Crippen molar-refractivity contribution in [3.63, 3.8) is 0 Å². The first-order valence-electron chi connectivity index (χ1n) is 10.2. The fraction of sp³-hybridized carbons (Fsp3) is 0.952. The Morgan fingerprint density at radius 1 is 0.957 bits per heavy atom. The van der Waals surface area contributed by atoms with E-state index in [1.165, 1.54) is 44.9 Å². The minimum Gasteiger partial charge on any atom is -0.393 e. The number of Topliss-reactive ketones (excluding diaryl/α,β-unsaturated/α-hetero) is 1. The summed E-state index contributed by atoms with van der Waals surface area (Å²) in [6, 6.07) is 0. The molecule has 0 saturated heterocycles. The van der Waals surface area contributed by atoms with Gasteiger partial charge in [0.1, 0.15) is 5.78 Å². The molecule has 4 fully saturated rings. The van der Waals surface area contributed by atoms with Crippen molar-refractivity contribution in [2.45, 2.75) is 84.2 Å². The monoisotopic (exact) mass is 318 g/mol. The minimum absolute atomic E-state index is 0.0438. The highest BCUT2D eigenvalue weighted by atomic mass is 16.3. The standard InChI is InChI=1S/C21H34O2/c1-13(22)16-4-3-5-17-18(16)8-9-20-19(17)7-6-14-12-15(23)10-11-21(14,20)2/h14-20,23H,3-12H2,1-2H3. The Balaban J connectivity index is 1.58. The molecule has 0 bridgehead atoms. The highest BCUT2D eigenvalue weighted by molar-refractivity contribution is 5.78. The molecule has 0 spiro atoms. The topological polar surface area (TPSA) is 37.3 Å². The highest BCUT2D eigenvalue weighted by Crippen LogP contribution is 2.63. The maximum absolute atomic E-state index is 12.1. The van der Waals surface area contributed by atoms with Crippen LogP contribution in [0.2, 0.25) is 0 Å². The molecule has 0 radical (unpaired) electrons. The first-order chi connectivity index (χ1) is 11.0. The van der Waals surface area contributed by atoms with E-state index < -0.39 is 0 Å². The van der Waals surface area contributed by atoms with Crippen LogP contribution >= 0.6 is 0 Å². The summed E-state index contributed by atoms with van der Waals surface area (Å²) >= 11 is 0. The van der Waals surface area contributed by atoms with Crippen molar-refractivity contribution in [2.24, 2.45) is 40.9 Å². The van der Waals surface area contributed by atoms with Crippen LogP contribution in [0, 0.1) is 40.9 Å². The van der Waals surface area contributed by atoms with Crippen LogP contribution in [0.4, 0.5) is 0 Å². The van der Waals surface area contributed by atoms with Gasteiger partial charge >= 0.3 is 0 Å². The summed E-state index contributed by atoms with van der Waals surface area (Å²) in [6.45, 7) is 4.38. The molecule has 0 aromatic carbocycles. The molecule has 8 atom stereocenters. The van der Waals surface area contributed by atoms with Crippen molar-refractivity contribution < 1.29 is 9.90 Å². The van der Waals surface area contributed by atoms with Gasteiger partial charge in [0.05, 0.1) is 6.10 Å². The zero-order valence-corrected chi connectivity index (χ0v) is 15.0. The third-order valence-corrected chi connectivity index (χ3v) is 8.72. The predicted octanol–water partition coefficient (Wildman–Crippen LogP) is 4.60. The number of aliphatic hydroxyl groups excluding tert-OH is 1. The Labute approximate surface area is 141 Å². The number of rotatable bonds is 1. The maximum Gasteiger partial charge on any atom is 0.133 e. The first-order valence-corrected chi connectivity index (χ1v) is 10.2. The largest absolute Gasteiger partial charge is 0.393 e. The number of carbonyl (C=O) groups is 1. The van der Waals surface area contributed by atoms with Gasteiger partial charge in [0, 0.05) is 5.92 Å². The van der Waals surface area contributed by atoms with Gasteiger partial charge in [-0.05, 0) is 99.7 Å². The summed E-state index contributed by atoms with van der Waals surface area (Å²) in [5.41, 5.74) is 0.469. The minimum atomic E-state index is -0.0438. The second kappa shape index (κ2) is 5.86. The summed E-state index contributed by atoms with van der Waals surface area (Å²) < 4.78 is 0. The van der Waals surface area contributed by atoms with Crippen molar-refractivity contribution >= 4 is 5.78 Å². The summed E-state index contributed by atoms with van der Waals surface area (Å²) in [6.07, 6.45) is 12.4. The number of hydrogen-bond acceptors (Lipinski definition) is 2. The average Bonchev–Trinajstić information content (AvgIpc) is 2.54. The molecule has 130 valence electrons. The molecule has 0 heterocycles. The van der Waals surface area contributed by atoms with Gasteiger partial charge in [-0.1, -0.05) is 13.3 Å². The number of aliphatic hydroxyl groups is 1. The van der Waals surface area contributed by atoms with Crippen LogP contribution in [0.1, 0.15) is 78.1 Å². The predicted molar refractivity (Wildman–Crippen MR) is 91.9 cm³/mol. The summed E-state index contributed by atoms with van der Waals surface area (Å²) in [4.78, 5) is 12.1. The number of fused-ring (bicyclic) bond motifs is 5. The van der Waals surface area contributed by atoms with Gasteiger partial charge in [0.2, 0.25) is 0 Å². The smallest absolute Gasteiger partial charge is 0.133 e. The molecule has 0 aliphatic heterocycles.